The average Bonchev–Trinajstić information content (AvgIpc) is 3.65. The molecular weight excluding hydrogens is 674 g/mol. The molecule has 9 aromatic rings. The van der Waals surface area contributed by atoms with Gasteiger partial charge in [-0.25, -0.2) is 15.0 Å². The molecule has 0 saturated heterocycles. The van der Waals surface area contributed by atoms with Gasteiger partial charge in [0.05, 0.1) is 0 Å². The first-order valence-electron chi connectivity index (χ1n) is 19.3. The fourth-order valence-corrected chi connectivity index (χ4v) is 8.12. The van der Waals surface area contributed by atoms with Gasteiger partial charge in [0.15, 0.2) is 17.5 Å². The van der Waals surface area contributed by atoms with E-state index < -0.39 is 0 Å². The Labute approximate surface area is 334 Å². The van der Waals surface area contributed by atoms with Gasteiger partial charge in [-0.05, 0) is 39.4 Å². The Morgan fingerprint density at radius 2 is 0.679 bits per heavy atom. The largest absolute Gasteiger partial charge is 0.457 e. The molecule has 0 aliphatic rings. The highest BCUT2D eigenvalue weighted by atomic mass is 16.3. The van der Waals surface area contributed by atoms with Crippen molar-refractivity contribution in [2.75, 3.05) is 0 Å². The predicted molar refractivity (Wildman–Crippen MR) is 257 cm³/mol. The normalized spacial score (nSPS) is 11.4. The zero-order valence-corrected chi connectivity index (χ0v) is 33.0. The average molecular weight is 710 g/mol. The van der Waals surface area contributed by atoms with Gasteiger partial charge in [-0.1, -0.05) is 160 Å². The topological polar surface area (TPSA) is 51.8 Å². The van der Waals surface area contributed by atoms with Crippen molar-refractivity contribution in [3.8, 4) is 67.5 Å². The molecular formula is C45H36B7N3O. The summed E-state index contributed by atoms with van der Waals surface area (Å²) in [6.45, 7) is 0. The van der Waals surface area contributed by atoms with Gasteiger partial charge < -0.3 is 4.42 Å². The monoisotopic (exact) mass is 711 g/mol. The van der Waals surface area contributed by atoms with E-state index in [0.717, 1.165) is 44.5 Å². The van der Waals surface area contributed by atoms with E-state index in [1.54, 1.807) is 0 Å². The summed E-state index contributed by atoms with van der Waals surface area (Å²) in [6, 6.07) is 46.5. The third-order valence-corrected chi connectivity index (χ3v) is 11.9. The Hall–Kier alpha value is -6.20. The van der Waals surface area contributed by atoms with E-state index in [1.165, 1.54) is 65.7 Å². The van der Waals surface area contributed by atoms with Crippen molar-refractivity contribution >= 4 is 115 Å². The van der Waals surface area contributed by atoms with E-state index in [2.05, 4.69) is 152 Å². The number of hydrogen-bond acceptors (Lipinski definition) is 4. The zero-order chi connectivity index (χ0) is 38.7. The molecule has 0 atom stereocenters. The number of furan rings is 1. The maximum atomic E-state index is 6.78. The SMILES string of the molecule is Bc1c(B)c(B)c2c(oc3c(B)c(B)c(B)c(-c4cccc(-c5ccc(-c6nc(-c7ccccc7)nc(-c7ccc(-c8ccccc8)cc7)n6)cc5)c4)c32)c1B. The molecule has 0 amide bonds. The highest BCUT2D eigenvalue weighted by molar-refractivity contribution is 6.68. The number of benzene rings is 7. The summed E-state index contributed by atoms with van der Waals surface area (Å²) in [5.74, 6) is 1.92. The summed E-state index contributed by atoms with van der Waals surface area (Å²) in [7, 11) is 15.5. The van der Waals surface area contributed by atoms with Crippen LogP contribution < -0.4 is 38.2 Å². The smallest absolute Gasteiger partial charge is 0.164 e. The second-order valence-electron chi connectivity index (χ2n) is 15.0. The lowest BCUT2D eigenvalue weighted by Crippen LogP contribution is -2.47. The second-order valence-corrected chi connectivity index (χ2v) is 15.0. The van der Waals surface area contributed by atoms with Crippen LogP contribution in [0.5, 0.6) is 0 Å². The van der Waals surface area contributed by atoms with Gasteiger partial charge in [0, 0.05) is 27.5 Å². The number of nitrogens with zero attached hydrogens (tertiary/aromatic N) is 3. The summed E-state index contributed by atoms with van der Waals surface area (Å²) < 4.78 is 6.78. The summed E-state index contributed by atoms with van der Waals surface area (Å²) in [4.78, 5) is 15.0. The van der Waals surface area contributed by atoms with E-state index in [-0.39, 0.29) is 0 Å². The lowest BCUT2D eigenvalue weighted by Gasteiger charge is -2.17. The quantitative estimate of drug-likeness (QED) is 0.221. The summed E-state index contributed by atoms with van der Waals surface area (Å²) in [6.07, 6.45) is 0. The van der Waals surface area contributed by atoms with Crippen molar-refractivity contribution < 1.29 is 4.42 Å². The Kier molecular flexibility index (Phi) is 8.97. The summed E-state index contributed by atoms with van der Waals surface area (Å²) in [5, 5.41) is 2.45. The first-order chi connectivity index (χ1) is 27.2. The number of aromatic nitrogens is 3. The van der Waals surface area contributed by atoms with Crippen LogP contribution >= 0.6 is 0 Å². The van der Waals surface area contributed by atoms with Crippen LogP contribution in [0.4, 0.5) is 0 Å². The molecule has 0 saturated carbocycles. The van der Waals surface area contributed by atoms with Crippen LogP contribution in [0.1, 0.15) is 0 Å². The minimum absolute atomic E-state index is 0.637. The Morgan fingerprint density at radius 1 is 0.304 bits per heavy atom. The summed E-state index contributed by atoms with van der Waals surface area (Å²) >= 11 is 0. The first-order valence-corrected chi connectivity index (χ1v) is 19.3. The van der Waals surface area contributed by atoms with Crippen molar-refractivity contribution in [1.82, 2.24) is 15.0 Å². The van der Waals surface area contributed by atoms with E-state index in [0.29, 0.717) is 17.5 Å². The van der Waals surface area contributed by atoms with Crippen molar-refractivity contribution in [2.45, 2.75) is 0 Å². The molecule has 0 spiro atoms. The molecule has 56 heavy (non-hydrogen) atoms. The molecule has 0 fully saturated rings. The van der Waals surface area contributed by atoms with Gasteiger partial charge in [-0.3, -0.25) is 0 Å². The zero-order valence-electron chi connectivity index (χ0n) is 33.0. The molecule has 0 unspecified atom stereocenters. The van der Waals surface area contributed by atoms with E-state index in [4.69, 9.17) is 19.4 Å². The Bertz CT molecular complexity index is 2970. The van der Waals surface area contributed by atoms with Crippen LogP contribution in [0.15, 0.2) is 138 Å². The van der Waals surface area contributed by atoms with Gasteiger partial charge in [0.25, 0.3) is 0 Å². The van der Waals surface area contributed by atoms with Gasteiger partial charge in [0.2, 0.25) is 0 Å². The van der Waals surface area contributed by atoms with Crippen molar-refractivity contribution in [3.05, 3.63) is 133 Å². The molecule has 2 aromatic heterocycles. The highest BCUT2D eigenvalue weighted by Crippen LogP contribution is 2.35. The van der Waals surface area contributed by atoms with E-state index in [1.807, 2.05) is 36.4 Å². The summed E-state index contributed by atoms with van der Waals surface area (Å²) in [5.41, 5.74) is 20.7. The molecule has 0 aliphatic carbocycles. The van der Waals surface area contributed by atoms with Crippen LogP contribution in [-0.4, -0.2) is 69.9 Å². The number of fused-ring (bicyclic) bond motifs is 3. The van der Waals surface area contributed by atoms with Crippen LogP contribution in [0.3, 0.4) is 0 Å². The molecule has 7 aromatic carbocycles. The molecule has 0 N–H and O–H groups in total. The first kappa shape index (κ1) is 35.5. The highest BCUT2D eigenvalue weighted by Gasteiger charge is 2.23. The van der Waals surface area contributed by atoms with Gasteiger partial charge >= 0.3 is 0 Å². The molecule has 4 nitrogen and oxygen atoms in total. The third kappa shape index (κ3) is 6.03. The molecule has 258 valence electrons. The molecule has 0 bridgehead atoms. The Balaban J connectivity index is 1.12. The molecule has 2 heterocycles. The lowest BCUT2D eigenvalue weighted by molar-refractivity contribution is 0.675. The molecule has 9 rings (SSSR count). The van der Waals surface area contributed by atoms with Crippen LogP contribution in [-0.2, 0) is 0 Å². The number of hydrogen-bond donors (Lipinski definition) is 0. The van der Waals surface area contributed by atoms with Crippen molar-refractivity contribution in [3.63, 3.8) is 0 Å². The van der Waals surface area contributed by atoms with E-state index >= 15 is 0 Å². The Morgan fingerprint density at radius 3 is 1.23 bits per heavy atom. The lowest BCUT2D eigenvalue weighted by atomic mass is 9.64. The number of rotatable bonds is 6. The maximum absolute atomic E-state index is 6.78. The minimum Gasteiger partial charge on any atom is -0.457 e. The maximum Gasteiger partial charge on any atom is 0.164 e. The standard InChI is InChI=1S/C45H36B7N3O/c46-34-31(32-33-35(47)36(48)38(50)40(52)42(33)56-41(32)39(51)37(34)49)30-13-7-12-29(22-30)25-16-20-28(21-17-25)45-54-43(26-10-5-2-6-11-26)53-44(55-45)27-18-14-24(15-19-27)23-8-3-1-4-9-23/h1-22H,46-52H2. The molecule has 0 aliphatic heterocycles. The third-order valence-electron chi connectivity index (χ3n) is 11.9. The van der Waals surface area contributed by atoms with Gasteiger partial charge in [-0.15, -0.1) is 5.46 Å². The second kappa shape index (κ2) is 14.1. The van der Waals surface area contributed by atoms with E-state index in [9.17, 15) is 0 Å². The van der Waals surface area contributed by atoms with Gasteiger partial charge in [-0.2, -0.15) is 0 Å². The van der Waals surface area contributed by atoms with Crippen molar-refractivity contribution in [1.29, 1.82) is 0 Å². The molecule has 11 heteroatoms. The minimum atomic E-state index is 0.637. The predicted octanol–water partition coefficient (Wildman–Crippen LogP) is -0.418. The molecule has 0 radical (unpaired) electrons. The fourth-order valence-electron chi connectivity index (χ4n) is 8.12. The van der Waals surface area contributed by atoms with Crippen LogP contribution in [0, 0.1) is 0 Å². The van der Waals surface area contributed by atoms with Crippen molar-refractivity contribution in [2.24, 2.45) is 0 Å². The fraction of sp³-hybridized carbons (Fsp3) is 0. The van der Waals surface area contributed by atoms with Crippen LogP contribution in [0.2, 0.25) is 0 Å². The van der Waals surface area contributed by atoms with Gasteiger partial charge in [0.1, 0.15) is 66.1 Å². The van der Waals surface area contributed by atoms with Crippen LogP contribution in [0.25, 0.3) is 89.5 Å².